The van der Waals surface area contributed by atoms with Crippen LogP contribution in [0.2, 0.25) is 0 Å². The highest BCUT2D eigenvalue weighted by atomic mass is 16.5. The quantitative estimate of drug-likeness (QED) is 0.706. The maximum Gasteiger partial charge on any atom is 0.283 e. The molecule has 0 unspecified atom stereocenters. The minimum atomic E-state index is -0.434. The molecule has 4 nitrogen and oxygen atoms in total. The SMILES string of the molecule is CC(C)C#Cc1ccc2c(c1)[C@@]1(COC(N)=N1)[C@]1(CC[C@H](O)[C@@H](C)C1)C2. The van der Waals surface area contributed by atoms with E-state index < -0.39 is 5.54 Å². The lowest BCUT2D eigenvalue weighted by atomic mass is 9.59. The van der Waals surface area contributed by atoms with Crippen LogP contribution in [0.1, 0.15) is 56.7 Å². The average molecular weight is 352 g/mol. The van der Waals surface area contributed by atoms with Crippen molar-refractivity contribution in [3.63, 3.8) is 0 Å². The number of ether oxygens (including phenoxy) is 1. The Bertz CT molecular complexity index is 819. The van der Waals surface area contributed by atoms with Crippen LogP contribution >= 0.6 is 0 Å². The third-order valence-electron chi connectivity index (χ3n) is 6.49. The Morgan fingerprint density at radius 3 is 2.85 bits per heavy atom. The number of hydrogen-bond acceptors (Lipinski definition) is 4. The topological polar surface area (TPSA) is 67.8 Å². The molecule has 3 N–H and O–H groups in total. The number of hydrogen-bond donors (Lipinski definition) is 2. The van der Waals surface area contributed by atoms with Gasteiger partial charge in [0.15, 0.2) is 0 Å². The molecule has 0 bridgehead atoms. The normalized spacial score (nSPS) is 35.2. The average Bonchev–Trinajstić information content (AvgIpc) is 3.10. The molecule has 2 spiro atoms. The molecule has 1 aliphatic heterocycles. The lowest BCUT2D eigenvalue weighted by Crippen LogP contribution is -2.48. The van der Waals surface area contributed by atoms with Crippen molar-refractivity contribution in [3.8, 4) is 11.8 Å². The van der Waals surface area contributed by atoms with Gasteiger partial charge in [-0.2, -0.15) is 0 Å². The van der Waals surface area contributed by atoms with Crippen LogP contribution in [0, 0.1) is 29.1 Å². The fraction of sp³-hybridized carbons (Fsp3) is 0.591. The molecule has 138 valence electrons. The molecule has 4 rings (SSSR count). The van der Waals surface area contributed by atoms with Crippen molar-refractivity contribution in [2.75, 3.05) is 6.61 Å². The van der Waals surface area contributed by atoms with Gasteiger partial charge in [0.1, 0.15) is 12.1 Å². The summed E-state index contributed by atoms with van der Waals surface area (Å²) in [5.74, 6) is 7.13. The third-order valence-corrected chi connectivity index (χ3v) is 6.49. The van der Waals surface area contributed by atoms with E-state index in [0.717, 1.165) is 31.2 Å². The van der Waals surface area contributed by atoms with Gasteiger partial charge in [0, 0.05) is 16.9 Å². The first-order valence-corrected chi connectivity index (χ1v) is 9.66. The van der Waals surface area contributed by atoms with Gasteiger partial charge in [0.25, 0.3) is 6.02 Å². The summed E-state index contributed by atoms with van der Waals surface area (Å²) in [4.78, 5) is 4.88. The predicted octanol–water partition coefficient (Wildman–Crippen LogP) is 2.96. The summed E-state index contributed by atoms with van der Waals surface area (Å²) in [5, 5.41) is 10.3. The molecule has 0 amide bonds. The van der Waals surface area contributed by atoms with E-state index in [4.69, 9.17) is 15.5 Å². The molecule has 0 saturated heterocycles. The largest absolute Gasteiger partial charge is 0.462 e. The number of fused-ring (bicyclic) bond motifs is 3. The van der Waals surface area contributed by atoms with E-state index in [0.29, 0.717) is 12.5 Å². The van der Waals surface area contributed by atoms with Crippen molar-refractivity contribution >= 4 is 6.02 Å². The van der Waals surface area contributed by atoms with E-state index in [1.807, 2.05) is 0 Å². The number of benzene rings is 1. The van der Waals surface area contributed by atoms with Crippen LogP contribution in [0.15, 0.2) is 23.2 Å². The van der Waals surface area contributed by atoms with Crippen molar-refractivity contribution in [2.45, 2.75) is 58.1 Å². The van der Waals surface area contributed by atoms with Crippen molar-refractivity contribution in [1.82, 2.24) is 0 Å². The summed E-state index contributed by atoms with van der Waals surface area (Å²) in [6, 6.07) is 6.80. The second-order valence-corrected chi connectivity index (χ2v) is 8.64. The van der Waals surface area contributed by atoms with Crippen molar-refractivity contribution in [1.29, 1.82) is 0 Å². The van der Waals surface area contributed by atoms with Crippen LogP contribution < -0.4 is 5.73 Å². The Labute approximate surface area is 155 Å². The van der Waals surface area contributed by atoms with Gasteiger partial charge in [-0.1, -0.05) is 38.7 Å². The Morgan fingerprint density at radius 1 is 1.38 bits per heavy atom. The van der Waals surface area contributed by atoms with Crippen LogP contribution in [0.25, 0.3) is 0 Å². The first-order chi connectivity index (χ1) is 12.4. The fourth-order valence-corrected chi connectivity index (χ4v) is 5.16. The Balaban J connectivity index is 1.82. The van der Waals surface area contributed by atoms with Crippen molar-refractivity contribution < 1.29 is 9.84 Å². The number of nitrogens with two attached hydrogens (primary N) is 1. The number of nitrogens with zero attached hydrogens (tertiary/aromatic N) is 1. The molecule has 4 atom stereocenters. The van der Waals surface area contributed by atoms with Crippen molar-refractivity contribution in [3.05, 3.63) is 34.9 Å². The lowest BCUT2D eigenvalue weighted by Gasteiger charge is -2.47. The molecule has 3 aliphatic rings. The molecule has 0 aromatic heterocycles. The number of amidine groups is 1. The minimum Gasteiger partial charge on any atom is -0.462 e. The van der Waals surface area contributed by atoms with Crippen LogP contribution in [-0.2, 0) is 16.7 Å². The first kappa shape index (κ1) is 17.4. The Morgan fingerprint density at radius 2 is 2.19 bits per heavy atom. The summed E-state index contributed by atoms with van der Waals surface area (Å²) >= 11 is 0. The molecular weight excluding hydrogens is 324 g/mol. The monoisotopic (exact) mass is 352 g/mol. The van der Waals surface area contributed by atoms with E-state index in [1.54, 1.807) is 0 Å². The van der Waals surface area contributed by atoms with E-state index in [-0.39, 0.29) is 23.5 Å². The molecule has 1 saturated carbocycles. The first-order valence-electron chi connectivity index (χ1n) is 9.66. The van der Waals surface area contributed by atoms with Crippen LogP contribution in [-0.4, -0.2) is 23.8 Å². The van der Waals surface area contributed by atoms with Gasteiger partial charge in [-0.25, -0.2) is 4.99 Å². The van der Waals surface area contributed by atoms with Gasteiger partial charge in [0.05, 0.1) is 6.10 Å². The van der Waals surface area contributed by atoms with Gasteiger partial charge in [-0.3, -0.25) is 0 Å². The molecular formula is C22H28N2O2. The Hall–Kier alpha value is -1.99. The maximum absolute atomic E-state index is 10.3. The zero-order valence-electron chi connectivity index (χ0n) is 15.9. The smallest absolute Gasteiger partial charge is 0.283 e. The van der Waals surface area contributed by atoms with Crippen LogP contribution in [0.5, 0.6) is 0 Å². The third kappa shape index (κ3) is 2.53. The number of aliphatic hydroxyl groups excluding tert-OH is 1. The molecule has 0 radical (unpaired) electrons. The van der Waals surface area contributed by atoms with Gasteiger partial charge >= 0.3 is 0 Å². The predicted molar refractivity (Wildman–Crippen MR) is 103 cm³/mol. The van der Waals surface area contributed by atoms with Crippen LogP contribution in [0.4, 0.5) is 0 Å². The van der Waals surface area contributed by atoms with Gasteiger partial charge in [-0.15, -0.1) is 0 Å². The van der Waals surface area contributed by atoms with E-state index in [1.165, 1.54) is 11.1 Å². The number of aliphatic imine (C=N–C) groups is 1. The highest BCUT2D eigenvalue weighted by Crippen LogP contribution is 2.61. The van der Waals surface area contributed by atoms with Gasteiger partial charge in [0.2, 0.25) is 0 Å². The second kappa shape index (κ2) is 6.03. The summed E-state index contributed by atoms with van der Waals surface area (Å²) in [5.41, 5.74) is 9.09. The molecule has 1 fully saturated rings. The highest BCUT2D eigenvalue weighted by Gasteiger charge is 2.62. The summed E-state index contributed by atoms with van der Waals surface area (Å²) in [7, 11) is 0. The molecule has 26 heavy (non-hydrogen) atoms. The molecule has 4 heteroatoms. The molecule has 1 heterocycles. The number of aliphatic hydroxyl groups is 1. The summed E-state index contributed by atoms with van der Waals surface area (Å²) < 4.78 is 5.70. The number of rotatable bonds is 0. The van der Waals surface area contributed by atoms with Crippen molar-refractivity contribution in [2.24, 2.45) is 28.0 Å². The molecule has 1 aromatic rings. The standard InChI is InChI=1S/C22H28N2O2/c1-14(2)4-5-16-6-7-17-12-21(9-8-19(25)15(3)11-21)22(18(17)10-16)13-26-20(23)24-22/h6-7,10,14-15,19,25H,8-9,11-13H2,1-3H3,(H2,23,24)/t15-,19-,21-,22-/m0/s1. The highest BCUT2D eigenvalue weighted by molar-refractivity contribution is 5.75. The maximum atomic E-state index is 10.3. The fourth-order valence-electron chi connectivity index (χ4n) is 5.16. The van der Waals surface area contributed by atoms with Gasteiger partial charge in [-0.05, 0) is 54.9 Å². The molecule has 2 aliphatic carbocycles. The zero-order valence-corrected chi connectivity index (χ0v) is 15.9. The minimum absolute atomic E-state index is 0.0286. The Kier molecular flexibility index (Phi) is 4.04. The zero-order chi connectivity index (χ0) is 18.5. The van der Waals surface area contributed by atoms with E-state index in [2.05, 4.69) is 50.8 Å². The lowest BCUT2D eigenvalue weighted by molar-refractivity contribution is -0.0253. The second-order valence-electron chi connectivity index (χ2n) is 8.64. The molecule has 1 aromatic carbocycles. The van der Waals surface area contributed by atoms with Gasteiger partial charge < -0.3 is 15.6 Å². The summed E-state index contributed by atoms with van der Waals surface area (Å²) in [6.45, 7) is 6.84. The van der Waals surface area contributed by atoms with Crippen LogP contribution in [0.3, 0.4) is 0 Å². The van der Waals surface area contributed by atoms with E-state index in [9.17, 15) is 5.11 Å². The van der Waals surface area contributed by atoms with E-state index >= 15 is 0 Å². The summed E-state index contributed by atoms with van der Waals surface area (Å²) in [6.07, 6.45) is 3.44.